The Bertz CT molecular complexity index is 937. The molecule has 7 heteroatoms. The van der Waals surface area contributed by atoms with Gasteiger partial charge in [0.2, 0.25) is 15.9 Å². The van der Waals surface area contributed by atoms with Crippen molar-refractivity contribution in [1.29, 1.82) is 0 Å². The monoisotopic (exact) mass is 362 g/mol. The lowest BCUT2D eigenvalue weighted by molar-refractivity contribution is -0.117. The molecule has 0 saturated carbocycles. The van der Waals surface area contributed by atoms with Crippen molar-refractivity contribution >= 4 is 21.6 Å². The average Bonchev–Trinajstić information content (AvgIpc) is 2.81. The Balaban J connectivity index is 1.91. The van der Waals surface area contributed by atoms with Crippen LogP contribution in [0.5, 0.6) is 0 Å². The first-order valence-electron chi connectivity index (χ1n) is 7.80. The number of halogens is 1. The van der Waals surface area contributed by atoms with Crippen LogP contribution in [0.1, 0.15) is 25.0 Å². The Morgan fingerprint density at radius 1 is 1.12 bits per heavy atom. The molecule has 0 aromatic heterocycles. The number of fused-ring (bicyclic) bond motifs is 1. The van der Waals surface area contributed by atoms with E-state index in [9.17, 15) is 17.6 Å². The normalized spacial score (nSPS) is 14.7. The van der Waals surface area contributed by atoms with Gasteiger partial charge in [0.1, 0.15) is 5.82 Å². The minimum absolute atomic E-state index is 0.0656. The SMILES string of the molecule is CN1C(=O)Cc2cc(S(=O)(=O)NC(C)(C)c3ccc(F)cc3)ccc21. The Hall–Kier alpha value is -2.25. The number of hydrogen-bond acceptors (Lipinski definition) is 3. The first-order chi connectivity index (χ1) is 11.6. The Labute approximate surface area is 146 Å². The molecule has 0 spiro atoms. The van der Waals surface area contributed by atoms with Crippen LogP contribution in [0, 0.1) is 5.82 Å². The summed E-state index contributed by atoms with van der Waals surface area (Å²) >= 11 is 0. The molecule has 2 aromatic carbocycles. The van der Waals surface area contributed by atoms with Gasteiger partial charge in [-0.1, -0.05) is 12.1 Å². The van der Waals surface area contributed by atoms with Crippen LogP contribution in [-0.2, 0) is 26.8 Å². The van der Waals surface area contributed by atoms with Crippen molar-refractivity contribution in [2.75, 3.05) is 11.9 Å². The molecule has 1 amide bonds. The molecule has 0 fully saturated rings. The number of nitrogens with zero attached hydrogens (tertiary/aromatic N) is 1. The minimum atomic E-state index is -3.81. The Kier molecular flexibility index (Phi) is 4.17. The number of nitrogens with one attached hydrogen (secondary N) is 1. The molecule has 0 saturated heterocycles. The molecule has 2 aromatic rings. The summed E-state index contributed by atoms with van der Waals surface area (Å²) in [5.41, 5.74) is 1.14. The van der Waals surface area contributed by atoms with Crippen molar-refractivity contribution in [2.45, 2.75) is 30.7 Å². The van der Waals surface area contributed by atoms with Crippen LogP contribution in [0.15, 0.2) is 47.4 Å². The molecule has 1 aliphatic rings. The lowest BCUT2D eigenvalue weighted by Crippen LogP contribution is -2.40. The predicted molar refractivity (Wildman–Crippen MR) is 93.3 cm³/mol. The van der Waals surface area contributed by atoms with E-state index in [2.05, 4.69) is 4.72 Å². The summed E-state index contributed by atoms with van der Waals surface area (Å²) in [5.74, 6) is -0.445. The first-order valence-corrected chi connectivity index (χ1v) is 9.28. The predicted octanol–water partition coefficient (Wildman–Crippen LogP) is 2.56. The van der Waals surface area contributed by atoms with E-state index in [-0.39, 0.29) is 23.0 Å². The lowest BCUT2D eigenvalue weighted by Gasteiger charge is -2.26. The number of likely N-dealkylation sites (N-methyl/N-ethyl adjacent to an activating group) is 1. The molecule has 1 aliphatic heterocycles. The molecule has 0 atom stereocenters. The molecule has 0 bridgehead atoms. The fraction of sp³-hybridized carbons (Fsp3) is 0.278. The van der Waals surface area contributed by atoms with Crippen LogP contribution < -0.4 is 9.62 Å². The highest BCUT2D eigenvalue weighted by Crippen LogP contribution is 2.31. The zero-order valence-corrected chi connectivity index (χ0v) is 15.0. The van der Waals surface area contributed by atoms with Crippen molar-refractivity contribution in [2.24, 2.45) is 0 Å². The zero-order valence-electron chi connectivity index (χ0n) is 14.2. The van der Waals surface area contributed by atoms with Gasteiger partial charge in [0.15, 0.2) is 0 Å². The summed E-state index contributed by atoms with van der Waals surface area (Å²) in [4.78, 5) is 13.4. The molecule has 0 radical (unpaired) electrons. The van der Waals surface area contributed by atoms with Gasteiger partial charge in [-0.3, -0.25) is 4.79 Å². The van der Waals surface area contributed by atoms with Gasteiger partial charge < -0.3 is 4.90 Å². The molecule has 0 unspecified atom stereocenters. The first kappa shape index (κ1) is 17.6. The minimum Gasteiger partial charge on any atom is -0.315 e. The summed E-state index contributed by atoms with van der Waals surface area (Å²) in [5, 5.41) is 0. The van der Waals surface area contributed by atoms with E-state index in [1.165, 1.54) is 29.2 Å². The number of anilines is 1. The molecule has 5 nitrogen and oxygen atoms in total. The highest BCUT2D eigenvalue weighted by atomic mass is 32.2. The maximum Gasteiger partial charge on any atom is 0.241 e. The van der Waals surface area contributed by atoms with Gasteiger partial charge in [-0.25, -0.2) is 17.5 Å². The van der Waals surface area contributed by atoms with Crippen LogP contribution in [0.4, 0.5) is 10.1 Å². The van der Waals surface area contributed by atoms with Gasteiger partial charge in [0, 0.05) is 12.7 Å². The molecule has 25 heavy (non-hydrogen) atoms. The number of hydrogen-bond donors (Lipinski definition) is 1. The van der Waals surface area contributed by atoms with Gasteiger partial charge in [0.25, 0.3) is 0 Å². The van der Waals surface area contributed by atoms with Crippen LogP contribution >= 0.6 is 0 Å². The van der Waals surface area contributed by atoms with E-state index < -0.39 is 15.6 Å². The summed E-state index contributed by atoms with van der Waals surface area (Å²) in [6, 6.07) is 10.3. The number of carbonyl (C=O) groups excluding carboxylic acids is 1. The fourth-order valence-corrected chi connectivity index (χ4v) is 4.39. The molecular weight excluding hydrogens is 343 g/mol. The second kappa shape index (κ2) is 5.93. The maximum absolute atomic E-state index is 13.1. The molecule has 0 aliphatic carbocycles. The highest BCUT2D eigenvalue weighted by Gasteiger charge is 2.30. The lowest BCUT2D eigenvalue weighted by atomic mass is 9.96. The van der Waals surface area contributed by atoms with E-state index in [1.54, 1.807) is 39.1 Å². The summed E-state index contributed by atoms with van der Waals surface area (Å²) in [6.45, 7) is 3.42. The van der Waals surface area contributed by atoms with Crippen LogP contribution in [0.3, 0.4) is 0 Å². The Morgan fingerprint density at radius 3 is 2.40 bits per heavy atom. The highest BCUT2D eigenvalue weighted by molar-refractivity contribution is 7.89. The standard InChI is InChI=1S/C18H19FN2O3S/c1-18(2,13-4-6-14(19)7-5-13)20-25(23,24)15-8-9-16-12(10-15)11-17(22)21(16)3/h4-10,20H,11H2,1-3H3. The summed E-state index contributed by atoms with van der Waals surface area (Å²) in [6.07, 6.45) is 0.191. The number of sulfonamides is 1. The van der Waals surface area contributed by atoms with Crippen molar-refractivity contribution in [1.82, 2.24) is 4.72 Å². The summed E-state index contributed by atoms with van der Waals surface area (Å²) in [7, 11) is -2.14. The van der Waals surface area contributed by atoms with Crippen molar-refractivity contribution in [3.8, 4) is 0 Å². The molecule has 1 heterocycles. The third-order valence-electron chi connectivity index (χ3n) is 4.39. The van der Waals surface area contributed by atoms with E-state index in [0.29, 0.717) is 11.1 Å². The average molecular weight is 362 g/mol. The van der Waals surface area contributed by atoms with Crippen LogP contribution in [0.25, 0.3) is 0 Å². The number of benzene rings is 2. The molecule has 132 valence electrons. The van der Waals surface area contributed by atoms with Crippen molar-refractivity contribution in [3.05, 3.63) is 59.4 Å². The zero-order chi connectivity index (χ0) is 18.4. The van der Waals surface area contributed by atoms with Gasteiger partial charge in [-0.2, -0.15) is 0 Å². The number of amides is 1. The van der Waals surface area contributed by atoms with Crippen LogP contribution in [-0.4, -0.2) is 21.4 Å². The van der Waals surface area contributed by atoms with Gasteiger partial charge in [0.05, 0.1) is 16.9 Å². The third-order valence-corrected chi connectivity index (χ3v) is 6.05. The van der Waals surface area contributed by atoms with Gasteiger partial charge in [-0.05, 0) is 55.3 Å². The van der Waals surface area contributed by atoms with E-state index in [4.69, 9.17) is 0 Å². The molecule has 1 N–H and O–H groups in total. The quantitative estimate of drug-likeness (QED) is 0.909. The van der Waals surface area contributed by atoms with Crippen LogP contribution in [0.2, 0.25) is 0 Å². The number of rotatable bonds is 4. The van der Waals surface area contributed by atoms with E-state index >= 15 is 0 Å². The topological polar surface area (TPSA) is 66.5 Å². The van der Waals surface area contributed by atoms with Crippen molar-refractivity contribution < 1.29 is 17.6 Å². The summed E-state index contributed by atoms with van der Waals surface area (Å²) < 4.78 is 41.3. The maximum atomic E-state index is 13.1. The van der Waals surface area contributed by atoms with E-state index in [0.717, 1.165) is 5.69 Å². The van der Waals surface area contributed by atoms with Crippen molar-refractivity contribution in [3.63, 3.8) is 0 Å². The largest absolute Gasteiger partial charge is 0.315 e. The smallest absolute Gasteiger partial charge is 0.241 e. The fourth-order valence-electron chi connectivity index (χ4n) is 2.93. The van der Waals surface area contributed by atoms with Gasteiger partial charge >= 0.3 is 0 Å². The second-order valence-electron chi connectivity index (χ2n) is 6.66. The molecule has 3 rings (SSSR count). The third kappa shape index (κ3) is 3.29. The number of carbonyl (C=O) groups is 1. The Morgan fingerprint density at radius 2 is 1.76 bits per heavy atom. The van der Waals surface area contributed by atoms with E-state index in [1.807, 2.05) is 0 Å². The second-order valence-corrected chi connectivity index (χ2v) is 8.34. The van der Waals surface area contributed by atoms with Gasteiger partial charge in [-0.15, -0.1) is 0 Å². The molecular formula is C18H19FN2O3S.